The molecule has 6 heteroatoms. The van der Waals surface area contributed by atoms with E-state index >= 15 is 0 Å². The Morgan fingerprint density at radius 1 is 1.32 bits per heavy atom. The number of hydrogen-bond acceptors (Lipinski definition) is 3. The lowest BCUT2D eigenvalue weighted by Gasteiger charge is -2.20. The Kier molecular flexibility index (Phi) is 4.34. The highest BCUT2D eigenvalue weighted by molar-refractivity contribution is 5.76. The molecule has 0 saturated heterocycles. The molecule has 0 fully saturated rings. The van der Waals surface area contributed by atoms with Gasteiger partial charge in [-0.25, -0.2) is 0 Å². The number of rotatable bonds is 4. The van der Waals surface area contributed by atoms with Crippen LogP contribution in [-0.4, -0.2) is 32.3 Å². The molecular formula is C13H21N3O3. The Hall–Kier alpha value is -1.85. The van der Waals surface area contributed by atoms with Gasteiger partial charge in [0.25, 0.3) is 0 Å². The van der Waals surface area contributed by atoms with E-state index in [1.165, 1.54) is 0 Å². The molecule has 0 aromatic carbocycles. The third-order valence-electron chi connectivity index (χ3n) is 2.67. The van der Waals surface area contributed by atoms with Crippen LogP contribution in [0.5, 0.6) is 0 Å². The van der Waals surface area contributed by atoms with Crippen molar-refractivity contribution in [3.05, 3.63) is 17.0 Å². The zero-order valence-corrected chi connectivity index (χ0v) is 12.1. The second kappa shape index (κ2) is 5.42. The first-order chi connectivity index (χ1) is 8.60. The highest BCUT2D eigenvalue weighted by Crippen LogP contribution is 2.14. The van der Waals surface area contributed by atoms with Crippen molar-refractivity contribution < 1.29 is 14.7 Å². The predicted octanol–water partition coefficient (Wildman–Crippen LogP) is 1.04. The lowest BCUT2D eigenvalue weighted by molar-refractivity contribution is -0.136. The number of nitrogens with one attached hydrogen (secondary N) is 1. The van der Waals surface area contributed by atoms with Gasteiger partial charge in [-0.1, -0.05) is 0 Å². The third-order valence-corrected chi connectivity index (χ3v) is 2.67. The van der Waals surface area contributed by atoms with Gasteiger partial charge in [0.05, 0.1) is 12.1 Å². The Bertz CT molecular complexity index is 498. The summed E-state index contributed by atoms with van der Waals surface area (Å²) >= 11 is 0. The summed E-state index contributed by atoms with van der Waals surface area (Å²) in [6.07, 6.45) is -0.0709. The molecule has 19 heavy (non-hydrogen) atoms. The van der Waals surface area contributed by atoms with Gasteiger partial charge in [-0.3, -0.25) is 14.3 Å². The number of aliphatic carboxylic acids is 1. The smallest absolute Gasteiger partial charge is 0.307 e. The maximum Gasteiger partial charge on any atom is 0.307 e. The molecule has 0 spiro atoms. The highest BCUT2D eigenvalue weighted by Gasteiger charge is 2.18. The average molecular weight is 267 g/mol. The van der Waals surface area contributed by atoms with Crippen LogP contribution in [0.25, 0.3) is 0 Å². The van der Waals surface area contributed by atoms with Crippen molar-refractivity contribution in [2.45, 2.75) is 53.1 Å². The lowest BCUT2D eigenvalue weighted by atomic mass is 10.1. The molecule has 0 aliphatic rings. The Morgan fingerprint density at radius 2 is 1.89 bits per heavy atom. The molecule has 106 valence electrons. The van der Waals surface area contributed by atoms with E-state index in [4.69, 9.17) is 5.11 Å². The van der Waals surface area contributed by atoms with Gasteiger partial charge in [0.1, 0.15) is 6.54 Å². The molecule has 6 nitrogen and oxygen atoms in total. The van der Waals surface area contributed by atoms with Gasteiger partial charge in [0.15, 0.2) is 0 Å². The molecule has 0 aliphatic heterocycles. The number of carboxylic acid groups (broad SMARTS) is 1. The van der Waals surface area contributed by atoms with E-state index in [0.717, 1.165) is 5.69 Å². The van der Waals surface area contributed by atoms with Gasteiger partial charge in [0, 0.05) is 16.8 Å². The van der Waals surface area contributed by atoms with E-state index in [-0.39, 0.29) is 24.4 Å². The maximum atomic E-state index is 11.8. The molecule has 0 unspecified atom stereocenters. The van der Waals surface area contributed by atoms with Crippen LogP contribution in [0.15, 0.2) is 0 Å². The molecule has 2 N–H and O–H groups in total. The fourth-order valence-electron chi connectivity index (χ4n) is 1.89. The van der Waals surface area contributed by atoms with Gasteiger partial charge >= 0.3 is 5.97 Å². The number of hydrogen-bond donors (Lipinski definition) is 2. The standard InChI is InChI=1S/C13H21N3O3/c1-8-10(6-12(18)19)9(2)16(15-8)7-11(17)14-13(3,4)5/h6-7H2,1-5H3,(H,14,17)(H,18,19). The van der Waals surface area contributed by atoms with E-state index in [2.05, 4.69) is 10.4 Å². The van der Waals surface area contributed by atoms with Crippen LogP contribution in [0.3, 0.4) is 0 Å². The normalized spacial score (nSPS) is 11.4. The molecule has 0 radical (unpaired) electrons. The van der Waals surface area contributed by atoms with Crippen LogP contribution in [0.4, 0.5) is 0 Å². The van der Waals surface area contributed by atoms with E-state index in [1.54, 1.807) is 18.5 Å². The second-order valence-corrected chi connectivity index (χ2v) is 5.68. The highest BCUT2D eigenvalue weighted by atomic mass is 16.4. The third kappa shape index (κ3) is 4.39. The van der Waals surface area contributed by atoms with Crippen LogP contribution in [0.2, 0.25) is 0 Å². The second-order valence-electron chi connectivity index (χ2n) is 5.68. The van der Waals surface area contributed by atoms with Gasteiger partial charge in [-0.2, -0.15) is 5.10 Å². The fourth-order valence-corrected chi connectivity index (χ4v) is 1.89. The summed E-state index contributed by atoms with van der Waals surface area (Å²) in [5.74, 6) is -1.04. The Balaban J connectivity index is 2.86. The summed E-state index contributed by atoms with van der Waals surface area (Å²) in [6.45, 7) is 9.35. The van der Waals surface area contributed by atoms with Crippen molar-refractivity contribution in [3.63, 3.8) is 0 Å². The van der Waals surface area contributed by atoms with Crippen molar-refractivity contribution in [1.29, 1.82) is 0 Å². The van der Waals surface area contributed by atoms with Gasteiger partial charge in [-0.05, 0) is 34.6 Å². The first-order valence-corrected chi connectivity index (χ1v) is 6.16. The number of carbonyl (C=O) groups excluding carboxylic acids is 1. The van der Waals surface area contributed by atoms with Crippen molar-refractivity contribution in [1.82, 2.24) is 15.1 Å². The van der Waals surface area contributed by atoms with Crippen LogP contribution in [0, 0.1) is 13.8 Å². The van der Waals surface area contributed by atoms with Crippen LogP contribution < -0.4 is 5.32 Å². The molecule has 0 aliphatic carbocycles. The Morgan fingerprint density at radius 3 is 2.37 bits per heavy atom. The van der Waals surface area contributed by atoms with Gasteiger partial charge < -0.3 is 10.4 Å². The van der Waals surface area contributed by atoms with Crippen LogP contribution in [0.1, 0.15) is 37.7 Å². The van der Waals surface area contributed by atoms with Crippen molar-refractivity contribution in [2.24, 2.45) is 0 Å². The SMILES string of the molecule is Cc1nn(CC(=O)NC(C)(C)C)c(C)c1CC(=O)O. The quantitative estimate of drug-likeness (QED) is 0.853. The van der Waals surface area contributed by atoms with Crippen molar-refractivity contribution in [2.75, 3.05) is 0 Å². The molecule has 1 heterocycles. The minimum atomic E-state index is -0.898. The molecule has 0 bridgehead atoms. The van der Waals surface area contributed by atoms with Crippen molar-refractivity contribution in [3.8, 4) is 0 Å². The molecule has 1 amide bonds. The predicted molar refractivity (Wildman–Crippen MR) is 70.9 cm³/mol. The first-order valence-electron chi connectivity index (χ1n) is 6.16. The minimum Gasteiger partial charge on any atom is -0.481 e. The molecule has 1 aromatic heterocycles. The number of carbonyl (C=O) groups is 2. The minimum absolute atomic E-state index is 0.0709. The topological polar surface area (TPSA) is 84.2 Å². The monoisotopic (exact) mass is 267 g/mol. The van der Waals surface area contributed by atoms with E-state index in [1.807, 2.05) is 20.8 Å². The lowest BCUT2D eigenvalue weighted by Crippen LogP contribution is -2.42. The summed E-state index contributed by atoms with van der Waals surface area (Å²) in [5.41, 5.74) is 1.76. The van der Waals surface area contributed by atoms with E-state index in [0.29, 0.717) is 11.3 Å². The van der Waals surface area contributed by atoms with Crippen molar-refractivity contribution >= 4 is 11.9 Å². The number of amides is 1. The number of aryl methyl sites for hydroxylation is 1. The Labute approximate surface area is 112 Å². The summed E-state index contributed by atoms with van der Waals surface area (Å²) in [5, 5.41) is 15.9. The van der Waals surface area contributed by atoms with Crippen LogP contribution in [-0.2, 0) is 22.6 Å². The number of nitrogens with zero attached hydrogens (tertiary/aromatic N) is 2. The molecule has 1 rings (SSSR count). The summed E-state index contributed by atoms with van der Waals surface area (Å²) < 4.78 is 1.55. The average Bonchev–Trinajstić information content (AvgIpc) is 2.42. The van der Waals surface area contributed by atoms with Gasteiger partial charge in [-0.15, -0.1) is 0 Å². The number of carboxylic acids is 1. The van der Waals surface area contributed by atoms with E-state index in [9.17, 15) is 9.59 Å². The maximum absolute atomic E-state index is 11.8. The summed E-state index contributed by atoms with van der Waals surface area (Å²) in [7, 11) is 0. The van der Waals surface area contributed by atoms with E-state index < -0.39 is 5.97 Å². The molecule has 0 atom stereocenters. The van der Waals surface area contributed by atoms with Gasteiger partial charge in [0.2, 0.25) is 5.91 Å². The fraction of sp³-hybridized carbons (Fsp3) is 0.615. The zero-order valence-electron chi connectivity index (χ0n) is 12.1. The number of aromatic nitrogens is 2. The zero-order chi connectivity index (χ0) is 14.8. The largest absolute Gasteiger partial charge is 0.481 e. The summed E-state index contributed by atoms with van der Waals surface area (Å²) in [6, 6.07) is 0. The molecular weight excluding hydrogens is 246 g/mol. The summed E-state index contributed by atoms with van der Waals surface area (Å²) in [4.78, 5) is 22.6. The molecule has 0 saturated carbocycles. The molecule has 1 aromatic rings. The van der Waals surface area contributed by atoms with Crippen LogP contribution >= 0.6 is 0 Å². The first kappa shape index (κ1) is 15.2.